The fourth-order valence-electron chi connectivity index (χ4n) is 3.06. The molecule has 2 aromatic rings. The van der Waals surface area contributed by atoms with Crippen LogP contribution in [0, 0.1) is 5.92 Å². The maximum Gasteiger partial charge on any atom is 0.255 e. The van der Waals surface area contributed by atoms with Crippen molar-refractivity contribution in [3.8, 4) is 5.75 Å². The van der Waals surface area contributed by atoms with Crippen molar-refractivity contribution in [2.24, 2.45) is 5.92 Å². The SMILES string of the molecule is CC(C)COc1ccc(NC(=O)c2cccc(CN3CCCC3=O)c2)cc1Cl. The lowest BCUT2D eigenvalue weighted by molar-refractivity contribution is -0.128. The summed E-state index contributed by atoms with van der Waals surface area (Å²) in [5, 5.41) is 3.32. The molecule has 0 aromatic heterocycles. The first-order chi connectivity index (χ1) is 13.4. The number of anilines is 1. The zero-order chi connectivity index (χ0) is 20.1. The van der Waals surface area contributed by atoms with Crippen LogP contribution in [0.1, 0.15) is 42.6 Å². The molecule has 3 rings (SSSR count). The molecule has 28 heavy (non-hydrogen) atoms. The lowest BCUT2D eigenvalue weighted by Gasteiger charge is -2.16. The largest absolute Gasteiger partial charge is 0.492 e. The Morgan fingerprint density at radius 1 is 1.25 bits per heavy atom. The Bertz CT molecular complexity index is 867. The highest BCUT2D eigenvalue weighted by atomic mass is 35.5. The molecule has 2 amide bonds. The van der Waals surface area contributed by atoms with Gasteiger partial charge in [-0.3, -0.25) is 9.59 Å². The van der Waals surface area contributed by atoms with Gasteiger partial charge in [0.2, 0.25) is 5.91 Å². The van der Waals surface area contributed by atoms with E-state index in [1.54, 1.807) is 24.3 Å². The summed E-state index contributed by atoms with van der Waals surface area (Å²) in [7, 11) is 0. The standard InChI is InChI=1S/C22H25ClN2O3/c1-15(2)14-28-20-9-8-18(12-19(20)23)24-22(27)17-6-3-5-16(11-17)13-25-10-4-7-21(25)26/h3,5-6,8-9,11-12,15H,4,7,10,13-14H2,1-2H3,(H,24,27). The van der Waals surface area contributed by atoms with E-state index in [-0.39, 0.29) is 11.8 Å². The second kappa shape index (κ2) is 9.11. The van der Waals surface area contributed by atoms with Crippen molar-refractivity contribution in [3.05, 3.63) is 58.6 Å². The fourth-order valence-corrected chi connectivity index (χ4v) is 3.29. The van der Waals surface area contributed by atoms with Crippen LogP contribution in [0.4, 0.5) is 5.69 Å². The zero-order valence-electron chi connectivity index (χ0n) is 16.2. The normalized spacial score (nSPS) is 13.9. The van der Waals surface area contributed by atoms with Gasteiger partial charge in [0, 0.05) is 30.8 Å². The minimum atomic E-state index is -0.221. The van der Waals surface area contributed by atoms with Crippen LogP contribution in [0.3, 0.4) is 0 Å². The van der Waals surface area contributed by atoms with E-state index < -0.39 is 0 Å². The molecule has 1 aliphatic rings. The van der Waals surface area contributed by atoms with E-state index in [0.717, 1.165) is 18.5 Å². The van der Waals surface area contributed by atoms with Gasteiger partial charge < -0.3 is 15.0 Å². The van der Waals surface area contributed by atoms with Crippen LogP contribution < -0.4 is 10.1 Å². The van der Waals surface area contributed by atoms with E-state index in [1.165, 1.54) is 0 Å². The lowest BCUT2D eigenvalue weighted by Crippen LogP contribution is -2.24. The third-order valence-electron chi connectivity index (χ3n) is 4.50. The minimum absolute atomic E-state index is 0.171. The van der Waals surface area contributed by atoms with E-state index >= 15 is 0 Å². The topological polar surface area (TPSA) is 58.6 Å². The van der Waals surface area contributed by atoms with Gasteiger partial charge in [-0.05, 0) is 48.2 Å². The Morgan fingerprint density at radius 2 is 2.07 bits per heavy atom. The van der Waals surface area contributed by atoms with Crippen molar-refractivity contribution in [1.82, 2.24) is 4.90 Å². The number of nitrogens with zero attached hydrogens (tertiary/aromatic N) is 1. The van der Waals surface area contributed by atoms with Crippen molar-refractivity contribution < 1.29 is 14.3 Å². The molecule has 2 aromatic carbocycles. The Kier molecular flexibility index (Phi) is 6.57. The zero-order valence-corrected chi connectivity index (χ0v) is 17.0. The predicted molar refractivity (Wildman–Crippen MR) is 111 cm³/mol. The van der Waals surface area contributed by atoms with E-state index in [4.69, 9.17) is 16.3 Å². The molecule has 0 atom stereocenters. The predicted octanol–water partition coefficient (Wildman–Crippen LogP) is 4.75. The molecule has 6 heteroatoms. The average Bonchev–Trinajstić information content (AvgIpc) is 3.06. The first-order valence-corrected chi connectivity index (χ1v) is 9.90. The summed E-state index contributed by atoms with van der Waals surface area (Å²) in [5.74, 6) is 0.954. The molecule has 1 aliphatic heterocycles. The molecule has 0 bridgehead atoms. The van der Waals surface area contributed by atoms with Gasteiger partial charge in [0.25, 0.3) is 5.91 Å². The number of rotatable bonds is 7. The number of benzene rings is 2. The number of carbonyl (C=O) groups is 2. The number of hydrogen-bond donors (Lipinski definition) is 1. The summed E-state index contributed by atoms with van der Waals surface area (Å²) in [5.41, 5.74) is 2.09. The lowest BCUT2D eigenvalue weighted by atomic mass is 10.1. The minimum Gasteiger partial charge on any atom is -0.492 e. The van der Waals surface area contributed by atoms with E-state index in [9.17, 15) is 9.59 Å². The van der Waals surface area contributed by atoms with Gasteiger partial charge in [0.05, 0.1) is 11.6 Å². The maximum absolute atomic E-state index is 12.6. The highest BCUT2D eigenvalue weighted by Crippen LogP contribution is 2.28. The maximum atomic E-state index is 12.6. The number of halogens is 1. The first kappa shape index (κ1) is 20.2. The van der Waals surface area contributed by atoms with Crippen LogP contribution in [0.25, 0.3) is 0 Å². The first-order valence-electron chi connectivity index (χ1n) is 9.53. The summed E-state index contributed by atoms with van der Waals surface area (Å²) in [6.07, 6.45) is 1.51. The van der Waals surface area contributed by atoms with Crippen molar-refractivity contribution in [2.75, 3.05) is 18.5 Å². The molecule has 0 saturated carbocycles. The third-order valence-corrected chi connectivity index (χ3v) is 4.79. The van der Waals surface area contributed by atoms with Gasteiger partial charge in [0.15, 0.2) is 0 Å². The number of carbonyl (C=O) groups excluding carboxylic acids is 2. The second-order valence-corrected chi connectivity index (χ2v) is 7.83. The number of likely N-dealkylation sites (tertiary alicyclic amines) is 1. The van der Waals surface area contributed by atoms with Gasteiger partial charge in [-0.25, -0.2) is 0 Å². The summed E-state index contributed by atoms with van der Waals surface area (Å²) >= 11 is 6.26. The Morgan fingerprint density at radius 3 is 2.75 bits per heavy atom. The molecular formula is C22H25ClN2O3. The summed E-state index contributed by atoms with van der Waals surface area (Å²) in [6, 6.07) is 12.6. The number of hydrogen-bond acceptors (Lipinski definition) is 3. The molecule has 0 aliphatic carbocycles. The van der Waals surface area contributed by atoms with E-state index in [2.05, 4.69) is 19.2 Å². The van der Waals surface area contributed by atoms with Crippen molar-refractivity contribution in [1.29, 1.82) is 0 Å². The number of ether oxygens (including phenoxy) is 1. The van der Waals surface area contributed by atoms with Crippen LogP contribution in [-0.2, 0) is 11.3 Å². The van der Waals surface area contributed by atoms with Gasteiger partial charge >= 0.3 is 0 Å². The Balaban J connectivity index is 1.65. The molecule has 0 radical (unpaired) electrons. The molecular weight excluding hydrogens is 376 g/mol. The highest BCUT2D eigenvalue weighted by molar-refractivity contribution is 6.32. The molecule has 0 unspecified atom stereocenters. The summed E-state index contributed by atoms with van der Waals surface area (Å²) in [6.45, 7) is 6.02. The van der Waals surface area contributed by atoms with Crippen LogP contribution in [0.2, 0.25) is 5.02 Å². The number of amides is 2. The number of nitrogens with one attached hydrogen (secondary N) is 1. The van der Waals surface area contributed by atoms with Crippen molar-refractivity contribution >= 4 is 29.1 Å². The van der Waals surface area contributed by atoms with Crippen LogP contribution >= 0.6 is 11.6 Å². The second-order valence-electron chi connectivity index (χ2n) is 7.42. The van der Waals surface area contributed by atoms with Crippen LogP contribution in [0.15, 0.2) is 42.5 Å². The molecule has 1 heterocycles. The quantitative estimate of drug-likeness (QED) is 0.729. The molecule has 1 N–H and O–H groups in total. The monoisotopic (exact) mass is 400 g/mol. The van der Waals surface area contributed by atoms with Gasteiger partial charge in [-0.2, -0.15) is 0 Å². The van der Waals surface area contributed by atoms with E-state index in [0.29, 0.717) is 47.5 Å². The van der Waals surface area contributed by atoms with Crippen LogP contribution in [0.5, 0.6) is 5.75 Å². The summed E-state index contributed by atoms with van der Waals surface area (Å²) in [4.78, 5) is 26.2. The smallest absolute Gasteiger partial charge is 0.255 e. The van der Waals surface area contributed by atoms with Crippen molar-refractivity contribution in [2.45, 2.75) is 33.2 Å². The highest BCUT2D eigenvalue weighted by Gasteiger charge is 2.20. The third kappa shape index (κ3) is 5.26. The fraction of sp³-hybridized carbons (Fsp3) is 0.364. The van der Waals surface area contributed by atoms with Crippen molar-refractivity contribution in [3.63, 3.8) is 0 Å². The molecule has 5 nitrogen and oxygen atoms in total. The van der Waals surface area contributed by atoms with Crippen LogP contribution in [-0.4, -0.2) is 29.9 Å². The Labute approximate surface area is 170 Å². The molecule has 0 spiro atoms. The molecule has 1 saturated heterocycles. The van der Waals surface area contributed by atoms with E-state index in [1.807, 2.05) is 23.1 Å². The Hall–Kier alpha value is -2.53. The molecule has 148 valence electrons. The van der Waals surface area contributed by atoms with Gasteiger partial charge in [-0.15, -0.1) is 0 Å². The molecule has 1 fully saturated rings. The average molecular weight is 401 g/mol. The van der Waals surface area contributed by atoms with Gasteiger partial charge in [-0.1, -0.05) is 37.6 Å². The summed E-state index contributed by atoms with van der Waals surface area (Å²) < 4.78 is 5.65. The van der Waals surface area contributed by atoms with Gasteiger partial charge in [0.1, 0.15) is 5.75 Å².